The van der Waals surface area contributed by atoms with Crippen LogP contribution in [0.3, 0.4) is 0 Å². The van der Waals surface area contributed by atoms with Gasteiger partial charge in [-0.3, -0.25) is 4.79 Å². The van der Waals surface area contributed by atoms with Gasteiger partial charge in [0.2, 0.25) is 0 Å². The number of piperazine rings is 1. The van der Waals surface area contributed by atoms with Crippen molar-refractivity contribution in [2.24, 2.45) is 0 Å². The smallest absolute Gasteiger partial charge is 0.317 e. The van der Waals surface area contributed by atoms with Gasteiger partial charge in [0.05, 0.1) is 17.3 Å². The number of nitrogens with one attached hydrogen (secondary N) is 1. The van der Waals surface area contributed by atoms with Crippen LogP contribution >= 0.6 is 0 Å². The summed E-state index contributed by atoms with van der Waals surface area (Å²) in [7, 11) is 0. The minimum Gasteiger partial charge on any atom is -0.463 e. The number of carbonyl (C=O) groups is 2. The van der Waals surface area contributed by atoms with E-state index in [1.807, 2.05) is 52.3 Å². The quantitative estimate of drug-likeness (QED) is 0.670. The number of aromatic nitrogens is 1. The van der Waals surface area contributed by atoms with Gasteiger partial charge >= 0.3 is 6.03 Å². The molecule has 3 heterocycles. The average molecular weight is 433 g/mol. The van der Waals surface area contributed by atoms with Gasteiger partial charge in [0.1, 0.15) is 5.69 Å². The van der Waals surface area contributed by atoms with Crippen LogP contribution in [0.1, 0.15) is 42.5 Å². The number of carbonyl (C=O) groups excluding carboxylic acids is 2. The zero-order valence-electron chi connectivity index (χ0n) is 18.1. The van der Waals surface area contributed by atoms with Crippen LogP contribution in [0, 0.1) is 0 Å². The van der Waals surface area contributed by atoms with Crippen molar-refractivity contribution in [3.63, 3.8) is 0 Å². The largest absolute Gasteiger partial charge is 0.463 e. The van der Waals surface area contributed by atoms with Crippen molar-refractivity contribution in [2.45, 2.75) is 38.1 Å². The molecule has 166 valence electrons. The van der Waals surface area contributed by atoms with Crippen LogP contribution in [0.25, 0.3) is 22.4 Å². The molecule has 1 aliphatic carbocycles. The molecule has 7 nitrogen and oxygen atoms in total. The van der Waals surface area contributed by atoms with Gasteiger partial charge in [-0.25, -0.2) is 9.78 Å². The van der Waals surface area contributed by atoms with Crippen LogP contribution in [0.5, 0.6) is 0 Å². The number of hydrogen-bond acceptors (Lipinski definition) is 4. The Morgan fingerprint density at radius 3 is 2.44 bits per heavy atom. The fourth-order valence-corrected chi connectivity index (χ4v) is 4.70. The maximum atomic E-state index is 13.5. The Hall–Kier alpha value is -3.35. The first-order valence-electron chi connectivity index (χ1n) is 11.5. The summed E-state index contributed by atoms with van der Waals surface area (Å²) in [5, 5.41) is 4.00. The molecule has 0 spiro atoms. The molecule has 1 N–H and O–H groups in total. The molecule has 2 aromatic heterocycles. The van der Waals surface area contributed by atoms with Crippen molar-refractivity contribution in [2.75, 3.05) is 26.2 Å². The molecule has 5 rings (SSSR count). The Morgan fingerprint density at radius 2 is 1.69 bits per heavy atom. The van der Waals surface area contributed by atoms with Crippen LogP contribution in [0.4, 0.5) is 4.79 Å². The van der Waals surface area contributed by atoms with Gasteiger partial charge in [-0.1, -0.05) is 37.5 Å². The van der Waals surface area contributed by atoms with E-state index in [0.717, 1.165) is 23.7 Å². The summed E-state index contributed by atoms with van der Waals surface area (Å²) in [4.78, 5) is 34.5. The highest BCUT2D eigenvalue weighted by molar-refractivity contribution is 6.07. The second kappa shape index (κ2) is 9.02. The lowest BCUT2D eigenvalue weighted by Crippen LogP contribution is -2.54. The summed E-state index contributed by atoms with van der Waals surface area (Å²) < 4.78 is 5.51. The van der Waals surface area contributed by atoms with E-state index in [1.54, 1.807) is 6.26 Å². The van der Waals surface area contributed by atoms with E-state index < -0.39 is 0 Å². The van der Waals surface area contributed by atoms with E-state index in [2.05, 4.69) is 10.3 Å². The SMILES string of the molecule is O=C(NC1CCCCC1)N1CCN(C(=O)c2cc(-c3ccco3)nc3ccccc23)CC1. The number of benzene rings is 1. The Labute approximate surface area is 187 Å². The van der Waals surface area contributed by atoms with Crippen LogP contribution < -0.4 is 5.32 Å². The Bertz CT molecular complexity index is 1100. The lowest BCUT2D eigenvalue weighted by molar-refractivity contribution is 0.0664. The molecule has 3 aromatic rings. The maximum absolute atomic E-state index is 13.5. The molecular weight excluding hydrogens is 404 g/mol. The molecule has 2 fully saturated rings. The first-order valence-corrected chi connectivity index (χ1v) is 11.5. The third-order valence-corrected chi connectivity index (χ3v) is 6.51. The molecule has 0 bridgehead atoms. The fraction of sp³-hybridized carbons (Fsp3) is 0.400. The molecular formula is C25H28N4O3. The second-order valence-corrected chi connectivity index (χ2v) is 8.61. The number of hydrogen-bond donors (Lipinski definition) is 1. The van der Waals surface area contributed by atoms with E-state index in [1.165, 1.54) is 19.3 Å². The lowest BCUT2D eigenvalue weighted by Gasteiger charge is -2.36. The molecule has 2 aliphatic rings. The average Bonchev–Trinajstić information content (AvgIpc) is 3.39. The molecule has 1 saturated heterocycles. The van der Waals surface area contributed by atoms with Crippen molar-refractivity contribution in [1.82, 2.24) is 20.1 Å². The van der Waals surface area contributed by atoms with Crippen molar-refractivity contribution < 1.29 is 14.0 Å². The number of urea groups is 1. The molecule has 32 heavy (non-hydrogen) atoms. The van der Waals surface area contributed by atoms with Crippen molar-refractivity contribution >= 4 is 22.8 Å². The number of pyridine rings is 1. The van der Waals surface area contributed by atoms with E-state index in [4.69, 9.17) is 4.42 Å². The van der Waals surface area contributed by atoms with Crippen molar-refractivity contribution in [1.29, 1.82) is 0 Å². The highest BCUT2D eigenvalue weighted by Crippen LogP contribution is 2.26. The highest BCUT2D eigenvalue weighted by atomic mass is 16.3. The Kier molecular flexibility index (Phi) is 5.79. The molecule has 1 aliphatic heterocycles. The van der Waals surface area contributed by atoms with E-state index in [-0.39, 0.29) is 11.9 Å². The normalized spacial score (nSPS) is 17.5. The van der Waals surface area contributed by atoms with Gasteiger partial charge in [0.15, 0.2) is 5.76 Å². The minimum atomic E-state index is -0.0382. The molecule has 7 heteroatoms. The number of nitrogens with zero attached hydrogens (tertiary/aromatic N) is 3. The number of rotatable bonds is 3. The van der Waals surface area contributed by atoms with Gasteiger partial charge in [-0.05, 0) is 37.1 Å². The number of para-hydroxylation sites is 1. The van der Waals surface area contributed by atoms with Gasteiger partial charge in [0, 0.05) is 37.6 Å². The Balaban J connectivity index is 1.30. The predicted octanol–water partition coefficient (Wildman–Crippen LogP) is 4.29. The van der Waals surface area contributed by atoms with Gasteiger partial charge < -0.3 is 19.5 Å². The Morgan fingerprint density at radius 1 is 0.938 bits per heavy atom. The molecule has 0 atom stereocenters. The summed E-state index contributed by atoms with van der Waals surface area (Å²) >= 11 is 0. The second-order valence-electron chi connectivity index (χ2n) is 8.61. The zero-order chi connectivity index (χ0) is 21.9. The van der Waals surface area contributed by atoms with Crippen LogP contribution in [0.2, 0.25) is 0 Å². The van der Waals surface area contributed by atoms with Gasteiger partial charge in [-0.15, -0.1) is 0 Å². The maximum Gasteiger partial charge on any atom is 0.317 e. The number of furan rings is 1. The summed E-state index contributed by atoms with van der Waals surface area (Å²) in [6.07, 6.45) is 7.37. The van der Waals surface area contributed by atoms with Crippen LogP contribution in [-0.2, 0) is 0 Å². The van der Waals surface area contributed by atoms with Crippen LogP contribution in [0.15, 0.2) is 53.1 Å². The van der Waals surface area contributed by atoms with Crippen molar-refractivity contribution in [3.05, 3.63) is 54.3 Å². The molecule has 1 saturated carbocycles. The summed E-state index contributed by atoms with van der Waals surface area (Å²) in [5.74, 6) is 0.595. The monoisotopic (exact) mass is 432 g/mol. The lowest BCUT2D eigenvalue weighted by atomic mass is 9.96. The minimum absolute atomic E-state index is 0.00142. The number of amides is 3. The van der Waals surface area contributed by atoms with E-state index in [0.29, 0.717) is 49.2 Å². The summed E-state index contributed by atoms with van der Waals surface area (Å²) in [5.41, 5.74) is 2.01. The van der Waals surface area contributed by atoms with E-state index >= 15 is 0 Å². The molecule has 0 unspecified atom stereocenters. The van der Waals surface area contributed by atoms with E-state index in [9.17, 15) is 9.59 Å². The predicted molar refractivity (Wildman–Crippen MR) is 122 cm³/mol. The first kappa shape index (κ1) is 20.5. The van der Waals surface area contributed by atoms with Crippen LogP contribution in [-0.4, -0.2) is 58.9 Å². The van der Waals surface area contributed by atoms with Gasteiger partial charge in [0.25, 0.3) is 5.91 Å². The summed E-state index contributed by atoms with van der Waals surface area (Å²) in [6, 6.07) is 13.4. The highest BCUT2D eigenvalue weighted by Gasteiger charge is 2.27. The van der Waals surface area contributed by atoms with Crippen molar-refractivity contribution in [3.8, 4) is 11.5 Å². The standard InChI is InChI=1S/C25H28N4O3/c30-24(28-12-14-29(15-13-28)25(31)26-18-7-2-1-3-8-18)20-17-22(23-11-6-16-32-23)27-21-10-5-4-9-19(20)21/h4-6,9-11,16-18H,1-3,7-8,12-15H2,(H,26,31). The number of fused-ring (bicyclic) bond motifs is 1. The third-order valence-electron chi connectivity index (χ3n) is 6.51. The van der Waals surface area contributed by atoms with Gasteiger partial charge in [-0.2, -0.15) is 0 Å². The first-order chi connectivity index (χ1) is 15.7. The third kappa shape index (κ3) is 4.20. The molecule has 3 amide bonds. The molecule has 1 aromatic carbocycles. The topological polar surface area (TPSA) is 78.7 Å². The fourth-order valence-electron chi connectivity index (χ4n) is 4.70. The zero-order valence-corrected chi connectivity index (χ0v) is 18.1. The summed E-state index contributed by atoms with van der Waals surface area (Å²) in [6.45, 7) is 2.12. The molecule has 0 radical (unpaired) electrons.